The molecule has 0 bridgehead atoms. The van der Waals surface area contributed by atoms with Crippen molar-refractivity contribution in [2.45, 2.75) is 25.4 Å². The third kappa shape index (κ3) is 4.23. The Bertz CT molecular complexity index is 843. The fourth-order valence-electron chi connectivity index (χ4n) is 2.20. The summed E-state index contributed by atoms with van der Waals surface area (Å²) in [7, 11) is 0. The highest BCUT2D eigenvalue weighted by molar-refractivity contribution is 6.30. The lowest BCUT2D eigenvalue weighted by Crippen LogP contribution is -2.27. The lowest BCUT2D eigenvalue weighted by molar-refractivity contribution is -0.116. The van der Waals surface area contributed by atoms with Gasteiger partial charge in [-0.25, -0.2) is 0 Å². The van der Waals surface area contributed by atoms with Gasteiger partial charge in [-0.1, -0.05) is 17.7 Å². The van der Waals surface area contributed by atoms with Gasteiger partial charge < -0.3 is 15.2 Å². The van der Waals surface area contributed by atoms with Crippen molar-refractivity contribution < 1.29 is 9.59 Å². The maximum absolute atomic E-state index is 12.1. The van der Waals surface area contributed by atoms with Crippen molar-refractivity contribution >= 4 is 29.1 Å². The molecule has 0 spiro atoms. The zero-order valence-corrected chi connectivity index (χ0v) is 13.5. The molecule has 24 heavy (non-hydrogen) atoms. The standard InChI is InChI=1S/C17H16ClN3O3/c18-12-6-7-21(16(23)9-12)10-15(22)19-14-3-1-2-11(8-14)17(24)20-13-4-5-13/h1-3,6-9,13H,4-5,10H2,(H,19,22)(H,20,24). The first-order valence-electron chi connectivity index (χ1n) is 7.58. The number of aromatic nitrogens is 1. The molecule has 0 saturated heterocycles. The van der Waals surface area contributed by atoms with Crippen LogP contribution in [0.1, 0.15) is 23.2 Å². The van der Waals surface area contributed by atoms with Crippen LogP contribution in [0.5, 0.6) is 0 Å². The SMILES string of the molecule is O=C(Cn1ccc(Cl)cc1=O)Nc1cccc(C(=O)NC2CC2)c1. The molecule has 1 aromatic carbocycles. The topological polar surface area (TPSA) is 80.2 Å². The summed E-state index contributed by atoms with van der Waals surface area (Å²) in [5, 5.41) is 5.90. The van der Waals surface area contributed by atoms with E-state index < -0.39 is 0 Å². The van der Waals surface area contributed by atoms with Gasteiger partial charge in [0.15, 0.2) is 0 Å². The molecule has 1 saturated carbocycles. The van der Waals surface area contributed by atoms with Crippen LogP contribution in [0.15, 0.2) is 47.4 Å². The molecule has 3 rings (SSSR count). The number of nitrogens with zero attached hydrogens (tertiary/aromatic N) is 1. The first-order chi connectivity index (χ1) is 11.5. The Morgan fingerprint density at radius 3 is 2.71 bits per heavy atom. The number of nitrogens with one attached hydrogen (secondary N) is 2. The molecule has 0 unspecified atom stereocenters. The van der Waals surface area contributed by atoms with Crippen LogP contribution in [0.3, 0.4) is 0 Å². The lowest BCUT2D eigenvalue weighted by Gasteiger charge is -2.09. The second-order valence-corrected chi connectivity index (χ2v) is 6.12. The van der Waals surface area contributed by atoms with Crippen molar-refractivity contribution in [3.63, 3.8) is 0 Å². The molecule has 1 aliphatic carbocycles. The summed E-state index contributed by atoms with van der Waals surface area (Å²) in [6.07, 6.45) is 3.49. The average Bonchev–Trinajstić information content (AvgIpc) is 3.34. The maximum Gasteiger partial charge on any atom is 0.252 e. The predicted molar refractivity (Wildman–Crippen MR) is 91.3 cm³/mol. The third-order valence-electron chi connectivity index (χ3n) is 3.59. The van der Waals surface area contributed by atoms with E-state index in [9.17, 15) is 14.4 Å². The molecule has 0 atom stereocenters. The van der Waals surface area contributed by atoms with Crippen LogP contribution in [-0.4, -0.2) is 22.4 Å². The van der Waals surface area contributed by atoms with Gasteiger partial charge in [-0.05, 0) is 37.1 Å². The smallest absolute Gasteiger partial charge is 0.252 e. The molecule has 124 valence electrons. The van der Waals surface area contributed by atoms with Gasteiger partial charge >= 0.3 is 0 Å². The molecule has 1 aliphatic rings. The van der Waals surface area contributed by atoms with E-state index in [1.54, 1.807) is 30.3 Å². The van der Waals surface area contributed by atoms with Crippen molar-refractivity contribution in [3.8, 4) is 0 Å². The predicted octanol–water partition coefficient (Wildman–Crippen LogP) is 2.03. The lowest BCUT2D eigenvalue weighted by atomic mass is 10.2. The summed E-state index contributed by atoms with van der Waals surface area (Å²) in [5.41, 5.74) is 0.643. The van der Waals surface area contributed by atoms with Gasteiger partial charge in [0, 0.05) is 34.6 Å². The molecular formula is C17H16ClN3O3. The number of hydrogen-bond donors (Lipinski definition) is 2. The van der Waals surface area contributed by atoms with Crippen LogP contribution < -0.4 is 16.2 Å². The molecule has 2 N–H and O–H groups in total. The Morgan fingerprint density at radius 2 is 2.00 bits per heavy atom. The highest BCUT2D eigenvalue weighted by atomic mass is 35.5. The van der Waals surface area contributed by atoms with E-state index in [-0.39, 0.29) is 30.0 Å². The van der Waals surface area contributed by atoms with E-state index in [0.717, 1.165) is 12.8 Å². The minimum atomic E-state index is -0.362. The Morgan fingerprint density at radius 1 is 1.21 bits per heavy atom. The number of carbonyl (C=O) groups is 2. The van der Waals surface area contributed by atoms with Crippen molar-refractivity contribution in [2.75, 3.05) is 5.32 Å². The average molecular weight is 346 g/mol. The number of carbonyl (C=O) groups excluding carboxylic acids is 2. The Kier molecular flexibility index (Phi) is 4.66. The molecule has 2 amide bonds. The van der Waals surface area contributed by atoms with Crippen LogP contribution in [0, 0.1) is 0 Å². The van der Waals surface area contributed by atoms with E-state index in [2.05, 4.69) is 10.6 Å². The summed E-state index contributed by atoms with van der Waals surface area (Å²) in [5.74, 6) is -0.512. The molecule has 1 fully saturated rings. The summed E-state index contributed by atoms with van der Waals surface area (Å²) < 4.78 is 1.25. The number of pyridine rings is 1. The Labute approximate surface area is 143 Å². The van der Waals surface area contributed by atoms with Crippen LogP contribution in [0.25, 0.3) is 0 Å². The van der Waals surface area contributed by atoms with E-state index in [1.807, 2.05) is 0 Å². The van der Waals surface area contributed by atoms with Crippen LogP contribution in [0.4, 0.5) is 5.69 Å². The van der Waals surface area contributed by atoms with Crippen LogP contribution >= 0.6 is 11.6 Å². The van der Waals surface area contributed by atoms with Crippen molar-refractivity contribution in [1.29, 1.82) is 0 Å². The minimum absolute atomic E-state index is 0.130. The van der Waals surface area contributed by atoms with Crippen molar-refractivity contribution in [1.82, 2.24) is 9.88 Å². The zero-order valence-electron chi connectivity index (χ0n) is 12.8. The van der Waals surface area contributed by atoms with E-state index in [0.29, 0.717) is 16.3 Å². The fraction of sp³-hybridized carbons (Fsp3) is 0.235. The van der Waals surface area contributed by atoms with Gasteiger partial charge in [0.05, 0.1) is 0 Å². The number of amides is 2. The van der Waals surface area contributed by atoms with Gasteiger partial charge in [0.2, 0.25) is 5.91 Å². The van der Waals surface area contributed by atoms with Crippen LogP contribution in [-0.2, 0) is 11.3 Å². The quantitative estimate of drug-likeness (QED) is 0.870. The second-order valence-electron chi connectivity index (χ2n) is 5.69. The minimum Gasteiger partial charge on any atom is -0.349 e. The number of rotatable bonds is 5. The first-order valence-corrected chi connectivity index (χ1v) is 7.96. The number of anilines is 1. The zero-order chi connectivity index (χ0) is 17.1. The van der Waals surface area contributed by atoms with Gasteiger partial charge in [0.1, 0.15) is 6.54 Å². The summed E-state index contributed by atoms with van der Waals surface area (Å²) in [6.45, 7) is -0.130. The Balaban J connectivity index is 1.65. The van der Waals surface area contributed by atoms with Crippen molar-refractivity contribution in [2.24, 2.45) is 0 Å². The largest absolute Gasteiger partial charge is 0.349 e. The number of halogens is 1. The molecule has 6 nitrogen and oxygen atoms in total. The van der Waals surface area contributed by atoms with Crippen LogP contribution in [0.2, 0.25) is 5.02 Å². The van der Waals surface area contributed by atoms with Gasteiger partial charge in [0.25, 0.3) is 11.5 Å². The summed E-state index contributed by atoms with van der Waals surface area (Å²) in [4.78, 5) is 35.8. The number of benzene rings is 1. The van der Waals surface area contributed by atoms with E-state index in [4.69, 9.17) is 11.6 Å². The monoisotopic (exact) mass is 345 g/mol. The first kappa shape index (κ1) is 16.3. The van der Waals surface area contributed by atoms with Gasteiger partial charge in [-0.2, -0.15) is 0 Å². The molecule has 1 heterocycles. The molecule has 1 aromatic heterocycles. The highest BCUT2D eigenvalue weighted by Crippen LogP contribution is 2.20. The van der Waals surface area contributed by atoms with Gasteiger partial charge in [-0.3, -0.25) is 14.4 Å². The normalized spacial score (nSPS) is 13.4. The molecule has 0 aliphatic heterocycles. The maximum atomic E-state index is 12.1. The van der Waals surface area contributed by atoms with Gasteiger partial charge in [-0.15, -0.1) is 0 Å². The fourth-order valence-corrected chi connectivity index (χ4v) is 2.35. The molecule has 2 aromatic rings. The third-order valence-corrected chi connectivity index (χ3v) is 3.83. The summed E-state index contributed by atoms with van der Waals surface area (Å²) >= 11 is 5.72. The number of hydrogen-bond acceptors (Lipinski definition) is 3. The highest BCUT2D eigenvalue weighted by Gasteiger charge is 2.23. The van der Waals surface area contributed by atoms with E-state index >= 15 is 0 Å². The molecule has 0 radical (unpaired) electrons. The Hall–Kier alpha value is -2.60. The summed E-state index contributed by atoms with van der Waals surface area (Å²) in [6, 6.07) is 9.75. The molecule has 7 heteroatoms. The molecular weight excluding hydrogens is 330 g/mol. The van der Waals surface area contributed by atoms with Crippen molar-refractivity contribution in [3.05, 3.63) is 63.5 Å². The second kappa shape index (κ2) is 6.88. The van der Waals surface area contributed by atoms with E-state index in [1.165, 1.54) is 16.8 Å².